The summed E-state index contributed by atoms with van der Waals surface area (Å²) in [4.78, 5) is 4.25. The standard InChI is InChI=1S/C14H16BrN3/c15-12-5-3-11(4-6-12)14-7-17-9-18(14)8-13(16)10-1-2-10/h3-7,9-10,13H,1-2,8,16H2. The third-order valence-electron chi connectivity index (χ3n) is 3.49. The number of imidazole rings is 1. The van der Waals surface area contributed by atoms with E-state index in [9.17, 15) is 0 Å². The van der Waals surface area contributed by atoms with Gasteiger partial charge in [0.15, 0.2) is 0 Å². The van der Waals surface area contributed by atoms with Crippen molar-refractivity contribution >= 4 is 15.9 Å². The van der Waals surface area contributed by atoms with Crippen molar-refractivity contribution in [1.82, 2.24) is 9.55 Å². The van der Waals surface area contributed by atoms with Gasteiger partial charge in [0.1, 0.15) is 0 Å². The van der Waals surface area contributed by atoms with E-state index in [0.29, 0.717) is 5.92 Å². The highest BCUT2D eigenvalue weighted by Gasteiger charge is 2.28. The number of hydrogen-bond acceptors (Lipinski definition) is 2. The molecule has 4 heteroatoms. The predicted octanol–water partition coefficient (Wildman–Crippen LogP) is 3.05. The summed E-state index contributed by atoms with van der Waals surface area (Å²) in [5.41, 5.74) is 8.50. The van der Waals surface area contributed by atoms with Gasteiger partial charge in [-0.1, -0.05) is 28.1 Å². The first kappa shape index (κ1) is 11.9. The van der Waals surface area contributed by atoms with Crippen LogP contribution in [0.2, 0.25) is 0 Å². The summed E-state index contributed by atoms with van der Waals surface area (Å²) >= 11 is 3.45. The summed E-state index contributed by atoms with van der Waals surface area (Å²) < 4.78 is 3.25. The van der Waals surface area contributed by atoms with Crippen LogP contribution in [0.25, 0.3) is 11.3 Å². The second kappa shape index (κ2) is 4.86. The minimum absolute atomic E-state index is 0.258. The second-order valence-electron chi connectivity index (χ2n) is 4.94. The Labute approximate surface area is 115 Å². The molecular formula is C14H16BrN3. The van der Waals surface area contributed by atoms with Crippen molar-refractivity contribution in [3.8, 4) is 11.3 Å². The molecule has 2 aromatic rings. The maximum atomic E-state index is 6.19. The van der Waals surface area contributed by atoms with Crippen LogP contribution in [-0.4, -0.2) is 15.6 Å². The fourth-order valence-corrected chi connectivity index (χ4v) is 2.49. The molecule has 1 unspecified atom stereocenters. The molecule has 1 heterocycles. The van der Waals surface area contributed by atoms with Crippen LogP contribution in [0.4, 0.5) is 0 Å². The number of aromatic nitrogens is 2. The molecule has 1 aliphatic rings. The zero-order valence-corrected chi connectivity index (χ0v) is 11.7. The Morgan fingerprint density at radius 3 is 2.72 bits per heavy atom. The Morgan fingerprint density at radius 2 is 2.06 bits per heavy atom. The Balaban J connectivity index is 1.83. The first-order valence-corrected chi connectivity index (χ1v) is 7.05. The predicted molar refractivity (Wildman–Crippen MR) is 76.1 cm³/mol. The fourth-order valence-electron chi connectivity index (χ4n) is 2.23. The maximum absolute atomic E-state index is 6.19. The van der Waals surface area contributed by atoms with E-state index < -0.39 is 0 Å². The van der Waals surface area contributed by atoms with Gasteiger partial charge in [-0.25, -0.2) is 4.98 Å². The molecule has 1 aliphatic carbocycles. The van der Waals surface area contributed by atoms with Crippen LogP contribution in [0.5, 0.6) is 0 Å². The van der Waals surface area contributed by atoms with Gasteiger partial charge in [-0.2, -0.15) is 0 Å². The molecule has 0 bridgehead atoms. The van der Waals surface area contributed by atoms with E-state index in [0.717, 1.165) is 16.7 Å². The number of hydrogen-bond donors (Lipinski definition) is 1. The Bertz CT molecular complexity index is 528. The molecule has 18 heavy (non-hydrogen) atoms. The van der Waals surface area contributed by atoms with Gasteiger partial charge in [-0.3, -0.25) is 0 Å². The number of nitrogens with two attached hydrogens (primary N) is 1. The van der Waals surface area contributed by atoms with Gasteiger partial charge in [0, 0.05) is 17.1 Å². The summed E-state index contributed by atoms with van der Waals surface area (Å²) in [5, 5.41) is 0. The summed E-state index contributed by atoms with van der Waals surface area (Å²) in [7, 11) is 0. The average Bonchev–Trinajstić information content (AvgIpc) is 3.12. The molecule has 0 radical (unpaired) electrons. The Morgan fingerprint density at radius 1 is 1.33 bits per heavy atom. The maximum Gasteiger partial charge on any atom is 0.0951 e. The summed E-state index contributed by atoms with van der Waals surface area (Å²) in [6.45, 7) is 0.857. The third kappa shape index (κ3) is 2.49. The lowest BCUT2D eigenvalue weighted by atomic mass is 10.1. The first-order valence-electron chi connectivity index (χ1n) is 6.25. The quantitative estimate of drug-likeness (QED) is 0.943. The largest absolute Gasteiger partial charge is 0.329 e. The highest BCUT2D eigenvalue weighted by molar-refractivity contribution is 9.10. The molecule has 94 valence electrons. The molecular weight excluding hydrogens is 290 g/mol. The van der Waals surface area contributed by atoms with Crippen molar-refractivity contribution in [1.29, 1.82) is 0 Å². The normalized spacial score (nSPS) is 16.8. The van der Waals surface area contributed by atoms with Crippen LogP contribution in [0.15, 0.2) is 41.3 Å². The molecule has 3 rings (SSSR count). The zero-order chi connectivity index (χ0) is 12.5. The van der Waals surface area contributed by atoms with E-state index in [1.807, 2.05) is 24.7 Å². The molecule has 1 aromatic carbocycles. The van der Waals surface area contributed by atoms with Crippen LogP contribution in [-0.2, 0) is 6.54 Å². The molecule has 0 aliphatic heterocycles. The van der Waals surface area contributed by atoms with Gasteiger partial charge in [0.25, 0.3) is 0 Å². The van der Waals surface area contributed by atoms with Crippen molar-refractivity contribution in [2.24, 2.45) is 11.7 Å². The number of rotatable bonds is 4. The minimum Gasteiger partial charge on any atom is -0.329 e. The molecule has 0 spiro atoms. The molecule has 2 N–H and O–H groups in total. The smallest absolute Gasteiger partial charge is 0.0951 e. The lowest BCUT2D eigenvalue weighted by Gasteiger charge is -2.14. The molecule has 3 nitrogen and oxygen atoms in total. The fraction of sp³-hybridized carbons (Fsp3) is 0.357. The van der Waals surface area contributed by atoms with Crippen molar-refractivity contribution in [3.63, 3.8) is 0 Å². The van der Waals surface area contributed by atoms with Crippen LogP contribution in [0, 0.1) is 5.92 Å². The average molecular weight is 306 g/mol. The van der Waals surface area contributed by atoms with Gasteiger partial charge in [0.05, 0.1) is 18.2 Å². The van der Waals surface area contributed by atoms with Crippen LogP contribution in [0.1, 0.15) is 12.8 Å². The molecule has 1 saturated carbocycles. The van der Waals surface area contributed by atoms with Gasteiger partial charge in [0.2, 0.25) is 0 Å². The zero-order valence-electron chi connectivity index (χ0n) is 10.1. The second-order valence-corrected chi connectivity index (χ2v) is 5.86. The highest BCUT2D eigenvalue weighted by Crippen LogP contribution is 2.32. The Hall–Kier alpha value is -1.13. The highest BCUT2D eigenvalue weighted by atomic mass is 79.9. The molecule has 1 aromatic heterocycles. The van der Waals surface area contributed by atoms with Gasteiger partial charge < -0.3 is 10.3 Å². The van der Waals surface area contributed by atoms with Crippen molar-refractivity contribution in [3.05, 3.63) is 41.3 Å². The molecule has 0 saturated heterocycles. The van der Waals surface area contributed by atoms with E-state index >= 15 is 0 Å². The number of nitrogens with zero attached hydrogens (tertiary/aromatic N) is 2. The van der Waals surface area contributed by atoms with Gasteiger partial charge in [-0.05, 0) is 36.5 Å². The van der Waals surface area contributed by atoms with E-state index in [2.05, 4.69) is 37.6 Å². The van der Waals surface area contributed by atoms with Crippen LogP contribution < -0.4 is 5.73 Å². The van der Waals surface area contributed by atoms with Gasteiger partial charge in [-0.15, -0.1) is 0 Å². The van der Waals surface area contributed by atoms with E-state index in [-0.39, 0.29) is 6.04 Å². The number of halogens is 1. The molecule has 0 amide bonds. The van der Waals surface area contributed by atoms with Crippen molar-refractivity contribution in [2.75, 3.05) is 0 Å². The SMILES string of the molecule is NC(Cn1cncc1-c1ccc(Br)cc1)C1CC1. The monoisotopic (exact) mass is 305 g/mol. The first-order chi connectivity index (χ1) is 8.74. The Kier molecular flexibility index (Phi) is 3.22. The lowest BCUT2D eigenvalue weighted by molar-refractivity contribution is 0.505. The minimum atomic E-state index is 0.258. The van der Waals surface area contributed by atoms with Crippen molar-refractivity contribution < 1.29 is 0 Å². The van der Waals surface area contributed by atoms with E-state index in [4.69, 9.17) is 5.73 Å². The van der Waals surface area contributed by atoms with E-state index in [1.54, 1.807) is 0 Å². The summed E-state index contributed by atoms with van der Waals surface area (Å²) in [6.07, 6.45) is 6.34. The van der Waals surface area contributed by atoms with Crippen LogP contribution >= 0.6 is 15.9 Å². The third-order valence-corrected chi connectivity index (χ3v) is 4.02. The van der Waals surface area contributed by atoms with Gasteiger partial charge >= 0.3 is 0 Å². The lowest BCUT2D eigenvalue weighted by Crippen LogP contribution is -2.28. The van der Waals surface area contributed by atoms with E-state index in [1.165, 1.54) is 18.4 Å². The molecule has 1 fully saturated rings. The van der Waals surface area contributed by atoms with Crippen molar-refractivity contribution in [2.45, 2.75) is 25.4 Å². The summed E-state index contributed by atoms with van der Waals surface area (Å²) in [6, 6.07) is 8.55. The van der Waals surface area contributed by atoms with Crippen LogP contribution in [0.3, 0.4) is 0 Å². The number of benzene rings is 1. The topological polar surface area (TPSA) is 43.8 Å². The molecule has 1 atom stereocenters. The summed E-state index contributed by atoms with van der Waals surface area (Å²) in [5.74, 6) is 0.713.